The highest BCUT2D eigenvalue weighted by Gasteiger charge is 2.08. The van der Waals surface area contributed by atoms with Gasteiger partial charge in [0.1, 0.15) is 11.6 Å². The van der Waals surface area contributed by atoms with Crippen LogP contribution in [0.5, 0.6) is 5.75 Å². The lowest BCUT2D eigenvalue weighted by molar-refractivity contribution is 0.253. The third-order valence-corrected chi connectivity index (χ3v) is 3.47. The Labute approximate surface area is 121 Å². The van der Waals surface area contributed by atoms with E-state index in [1.807, 2.05) is 0 Å². The Kier molecular flexibility index (Phi) is 7.55. The van der Waals surface area contributed by atoms with E-state index in [1.54, 1.807) is 12.1 Å². The van der Waals surface area contributed by atoms with E-state index >= 15 is 0 Å². The third-order valence-electron chi connectivity index (χ3n) is 3.47. The van der Waals surface area contributed by atoms with Gasteiger partial charge in [-0.25, -0.2) is 4.39 Å². The highest BCUT2D eigenvalue weighted by Crippen LogP contribution is 2.11. The monoisotopic (exact) mass is 282 g/mol. The topological polar surface area (TPSA) is 38.5 Å². The molecule has 0 amide bonds. The zero-order valence-electron chi connectivity index (χ0n) is 12.8. The summed E-state index contributed by atoms with van der Waals surface area (Å²) in [5.74, 6) is 1.01. The maximum atomic E-state index is 12.7. The lowest BCUT2D eigenvalue weighted by atomic mass is 10.0. The van der Waals surface area contributed by atoms with Gasteiger partial charge < -0.3 is 15.4 Å². The largest absolute Gasteiger partial charge is 0.494 e. The molecule has 0 saturated heterocycles. The Balaban J connectivity index is 2.10. The van der Waals surface area contributed by atoms with Crippen LogP contribution in [0.3, 0.4) is 0 Å². The van der Waals surface area contributed by atoms with Crippen LogP contribution in [0.4, 0.5) is 4.39 Å². The minimum Gasteiger partial charge on any atom is -0.494 e. The summed E-state index contributed by atoms with van der Waals surface area (Å²) in [7, 11) is 2.10. The van der Waals surface area contributed by atoms with Crippen molar-refractivity contribution in [2.75, 3.05) is 26.7 Å². The van der Waals surface area contributed by atoms with Crippen LogP contribution >= 0.6 is 0 Å². The predicted octanol–water partition coefficient (Wildman–Crippen LogP) is 2.90. The summed E-state index contributed by atoms with van der Waals surface area (Å²) in [6, 6.07) is 6.40. The van der Waals surface area contributed by atoms with Gasteiger partial charge in [-0.15, -0.1) is 0 Å². The fourth-order valence-electron chi connectivity index (χ4n) is 1.87. The second kappa shape index (κ2) is 8.93. The summed E-state index contributed by atoms with van der Waals surface area (Å²) < 4.78 is 18.3. The van der Waals surface area contributed by atoms with Gasteiger partial charge in [0.2, 0.25) is 0 Å². The van der Waals surface area contributed by atoms with Crippen LogP contribution in [0.2, 0.25) is 0 Å². The summed E-state index contributed by atoms with van der Waals surface area (Å²) in [6.45, 7) is 6.94. The molecule has 114 valence electrons. The Morgan fingerprint density at radius 1 is 1.20 bits per heavy atom. The first-order valence-electron chi connectivity index (χ1n) is 7.31. The second-order valence-corrected chi connectivity index (χ2v) is 5.66. The van der Waals surface area contributed by atoms with E-state index in [-0.39, 0.29) is 11.9 Å². The Morgan fingerprint density at radius 3 is 2.45 bits per heavy atom. The zero-order valence-corrected chi connectivity index (χ0v) is 12.8. The summed E-state index contributed by atoms with van der Waals surface area (Å²) in [5.41, 5.74) is 6.03. The lowest BCUT2D eigenvalue weighted by Gasteiger charge is -2.21. The van der Waals surface area contributed by atoms with Gasteiger partial charge in [-0.1, -0.05) is 13.8 Å². The first-order valence-corrected chi connectivity index (χ1v) is 7.31. The highest BCUT2D eigenvalue weighted by molar-refractivity contribution is 5.21. The minimum atomic E-state index is -0.237. The van der Waals surface area contributed by atoms with Gasteiger partial charge in [0.15, 0.2) is 0 Å². The number of hydrogen-bond donors (Lipinski definition) is 1. The van der Waals surface area contributed by atoms with Crippen LogP contribution in [0.25, 0.3) is 0 Å². The molecule has 0 bridgehead atoms. The molecule has 2 N–H and O–H groups in total. The second-order valence-electron chi connectivity index (χ2n) is 5.66. The standard InChI is InChI=1S/C16H27FN2O/c1-13(2)16(18)9-11-19(3)10-4-12-20-15-7-5-14(17)6-8-15/h5-8,13,16H,4,9-12,18H2,1-3H3. The first kappa shape index (κ1) is 16.9. The Hall–Kier alpha value is -1.13. The van der Waals surface area contributed by atoms with Crippen molar-refractivity contribution in [1.82, 2.24) is 4.90 Å². The fraction of sp³-hybridized carbons (Fsp3) is 0.625. The maximum Gasteiger partial charge on any atom is 0.123 e. The summed E-state index contributed by atoms with van der Waals surface area (Å²) in [6.07, 6.45) is 1.97. The van der Waals surface area contributed by atoms with Gasteiger partial charge in [-0.05, 0) is 56.6 Å². The van der Waals surface area contributed by atoms with Crippen molar-refractivity contribution in [3.05, 3.63) is 30.1 Å². The molecule has 4 heteroatoms. The zero-order chi connectivity index (χ0) is 15.0. The van der Waals surface area contributed by atoms with E-state index in [2.05, 4.69) is 25.8 Å². The molecule has 0 aromatic heterocycles. The maximum absolute atomic E-state index is 12.7. The number of nitrogens with zero attached hydrogens (tertiary/aromatic N) is 1. The molecule has 0 radical (unpaired) electrons. The average molecular weight is 282 g/mol. The molecule has 0 saturated carbocycles. The molecule has 20 heavy (non-hydrogen) atoms. The van der Waals surface area contributed by atoms with Gasteiger partial charge in [-0.3, -0.25) is 0 Å². The quantitative estimate of drug-likeness (QED) is 0.708. The lowest BCUT2D eigenvalue weighted by Crippen LogP contribution is -2.32. The third kappa shape index (κ3) is 6.87. The van der Waals surface area contributed by atoms with E-state index in [0.29, 0.717) is 12.5 Å². The summed E-state index contributed by atoms with van der Waals surface area (Å²) in [5, 5.41) is 0. The van der Waals surface area contributed by atoms with Gasteiger partial charge in [0, 0.05) is 12.6 Å². The van der Waals surface area contributed by atoms with E-state index < -0.39 is 0 Å². The SMILES string of the molecule is CC(C)C(N)CCN(C)CCCOc1ccc(F)cc1. The number of halogens is 1. The van der Waals surface area contributed by atoms with Crippen molar-refractivity contribution in [2.24, 2.45) is 11.7 Å². The molecular weight excluding hydrogens is 255 g/mol. The molecule has 0 heterocycles. The van der Waals surface area contributed by atoms with E-state index in [9.17, 15) is 4.39 Å². The first-order chi connectivity index (χ1) is 9.49. The molecule has 0 aliphatic carbocycles. The van der Waals surface area contributed by atoms with Gasteiger partial charge in [-0.2, -0.15) is 0 Å². The molecule has 1 atom stereocenters. The van der Waals surface area contributed by atoms with E-state index in [4.69, 9.17) is 10.5 Å². The number of ether oxygens (including phenoxy) is 1. The number of benzene rings is 1. The van der Waals surface area contributed by atoms with Crippen molar-refractivity contribution in [3.63, 3.8) is 0 Å². The molecular formula is C16H27FN2O. The molecule has 0 fully saturated rings. The molecule has 1 aromatic carbocycles. The van der Waals surface area contributed by atoms with Crippen LogP contribution in [0.1, 0.15) is 26.7 Å². The number of rotatable bonds is 9. The van der Waals surface area contributed by atoms with Gasteiger partial charge in [0.05, 0.1) is 6.61 Å². The van der Waals surface area contributed by atoms with Crippen LogP contribution in [0.15, 0.2) is 24.3 Å². The van der Waals surface area contributed by atoms with Crippen molar-refractivity contribution in [2.45, 2.75) is 32.7 Å². The van der Waals surface area contributed by atoms with E-state index in [0.717, 1.165) is 31.7 Å². The molecule has 1 unspecified atom stereocenters. The van der Waals surface area contributed by atoms with Crippen molar-refractivity contribution in [1.29, 1.82) is 0 Å². The highest BCUT2D eigenvalue weighted by atomic mass is 19.1. The molecule has 0 aliphatic rings. The van der Waals surface area contributed by atoms with Crippen molar-refractivity contribution < 1.29 is 9.13 Å². The van der Waals surface area contributed by atoms with Crippen molar-refractivity contribution >= 4 is 0 Å². The molecule has 1 aromatic rings. The smallest absolute Gasteiger partial charge is 0.123 e. The molecule has 0 spiro atoms. The molecule has 0 aliphatic heterocycles. The van der Waals surface area contributed by atoms with Crippen LogP contribution in [-0.2, 0) is 0 Å². The Bertz CT molecular complexity index is 367. The predicted molar refractivity (Wildman–Crippen MR) is 81.4 cm³/mol. The fourth-order valence-corrected chi connectivity index (χ4v) is 1.87. The number of nitrogens with two attached hydrogens (primary N) is 1. The van der Waals surface area contributed by atoms with Crippen LogP contribution in [-0.4, -0.2) is 37.7 Å². The average Bonchev–Trinajstić information content (AvgIpc) is 2.42. The normalized spacial score (nSPS) is 12.9. The minimum absolute atomic E-state index is 0.237. The summed E-state index contributed by atoms with van der Waals surface area (Å²) >= 11 is 0. The molecule has 3 nitrogen and oxygen atoms in total. The van der Waals surface area contributed by atoms with Crippen molar-refractivity contribution in [3.8, 4) is 5.75 Å². The summed E-state index contributed by atoms with van der Waals surface area (Å²) in [4.78, 5) is 2.27. The Morgan fingerprint density at radius 2 is 1.85 bits per heavy atom. The van der Waals surface area contributed by atoms with Gasteiger partial charge >= 0.3 is 0 Å². The van der Waals surface area contributed by atoms with Crippen LogP contribution in [0, 0.1) is 11.7 Å². The molecule has 1 rings (SSSR count). The van der Waals surface area contributed by atoms with Gasteiger partial charge in [0.25, 0.3) is 0 Å². The van der Waals surface area contributed by atoms with E-state index in [1.165, 1.54) is 12.1 Å². The van der Waals surface area contributed by atoms with Crippen LogP contribution < -0.4 is 10.5 Å². The number of hydrogen-bond acceptors (Lipinski definition) is 3.